The fourth-order valence-electron chi connectivity index (χ4n) is 3.66. The third kappa shape index (κ3) is 5.36. The first-order valence-electron chi connectivity index (χ1n) is 10.0. The molecule has 1 unspecified atom stereocenters. The average molecular weight is 389 g/mol. The minimum atomic E-state index is -0.217. The molecule has 4 amide bonds. The van der Waals surface area contributed by atoms with E-state index in [1.807, 2.05) is 25.1 Å². The lowest BCUT2D eigenvalue weighted by molar-refractivity contribution is 0.138. The van der Waals surface area contributed by atoms with Crippen molar-refractivity contribution in [2.24, 2.45) is 5.92 Å². The van der Waals surface area contributed by atoms with Crippen LogP contribution in [-0.4, -0.2) is 81.3 Å². The molecule has 0 spiro atoms. The van der Waals surface area contributed by atoms with E-state index in [1.165, 1.54) is 0 Å². The van der Waals surface area contributed by atoms with Gasteiger partial charge in [-0.2, -0.15) is 0 Å². The molecule has 0 bridgehead atoms. The predicted molar refractivity (Wildman–Crippen MR) is 112 cm³/mol. The molecule has 8 heteroatoms. The number of rotatable bonds is 6. The molecule has 2 saturated heterocycles. The van der Waals surface area contributed by atoms with Gasteiger partial charge < -0.3 is 25.8 Å². The molecule has 0 radical (unpaired) electrons. The fraction of sp³-hybridized carbons (Fsp3) is 0.600. The molecule has 1 atom stereocenters. The second kappa shape index (κ2) is 9.25. The smallest absolute Gasteiger partial charge is 0.322 e. The summed E-state index contributed by atoms with van der Waals surface area (Å²) in [6.45, 7) is 11.4. The lowest BCUT2D eigenvalue weighted by Gasteiger charge is -2.33. The van der Waals surface area contributed by atoms with Crippen molar-refractivity contribution in [1.82, 2.24) is 20.4 Å². The molecule has 3 rings (SSSR count). The highest BCUT2D eigenvalue weighted by atomic mass is 16.2. The van der Waals surface area contributed by atoms with E-state index in [2.05, 4.69) is 39.7 Å². The van der Waals surface area contributed by atoms with Gasteiger partial charge in [0, 0.05) is 58.0 Å². The number of carbonyl (C=O) groups excluding carboxylic acids is 2. The summed E-state index contributed by atoms with van der Waals surface area (Å²) < 4.78 is 0. The van der Waals surface area contributed by atoms with Gasteiger partial charge in [0.25, 0.3) is 0 Å². The van der Waals surface area contributed by atoms with E-state index in [0.717, 1.165) is 44.0 Å². The van der Waals surface area contributed by atoms with Crippen LogP contribution in [0.2, 0.25) is 0 Å². The summed E-state index contributed by atoms with van der Waals surface area (Å²) in [6, 6.07) is 5.33. The number of amides is 4. The number of hydrogen-bond donors (Lipinski definition) is 3. The highest BCUT2D eigenvalue weighted by molar-refractivity contribution is 5.96. The van der Waals surface area contributed by atoms with Gasteiger partial charge >= 0.3 is 12.1 Å². The van der Waals surface area contributed by atoms with Crippen LogP contribution in [0.3, 0.4) is 0 Å². The quantitative estimate of drug-likeness (QED) is 0.691. The van der Waals surface area contributed by atoms with Crippen LogP contribution in [0.25, 0.3) is 0 Å². The maximum Gasteiger partial charge on any atom is 0.322 e. The number of nitrogens with zero attached hydrogens (tertiary/aromatic N) is 3. The van der Waals surface area contributed by atoms with E-state index in [1.54, 1.807) is 4.90 Å². The Hall–Kier alpha value is -2.32. The number of anilines is 2. The van der Waals surface area contributed by atoms with E-state index >= 15 is 0 Å². The van der Waals surface area contributed by atoms with Crippen LogP contribution >= 0.6 is 0 Å². The molecule has 2 aliphatic heterocycles. The maximum absolute atomic E-state index is 12.3. The number of carbonyl (C=O) groups is 2. The molecule has 8 nitrogen and oxygen atoms in total. The zero-order valence-electron chi connectivity index (χ0n) is 17.1. The van der Waals surface area contributed by atoms with Gasteiger partial charge in [0.2, 0.25) is 0 Å². The molecule has 0 saturated carbocycles. The normalized spacial score (nSPS) is 19.4. The van der Waals surface area contributed by atoms with Gasteiger partial charge in [0.05, 0.1) is 5.69 Å². The molecule has 1 aromatic carbocycles. The fourth-order valence-corrected chi connectivity index (χ4v) is 3.66. The lowest BCUT2D eigenvalue weighted by atomic mass is 10.1. The van der Waals surface area contributed by atoms with Crippen molar-refractivity contribution in [2.45, 2.75) is 13.8 Å². The molecular weight excluding hydrogens is 356 g/mol. The van der Waals surface area contributed by atoms with Crippen molar-refractivity contribution < 1.29 is 9.59 Å². The summed E-state index contributed by atoms with van der Waals surface area (Å²) in [4.78, 5) is 30.7. The van der Waals surface area contributed by atoms with Gasteiger partial charge in [0.1, 0.15) is 0 Å². The van der Waals surface area contributed by atoms with Crippen LogP contribution in [0, 0.1) is 12.8 Å². The Morgan fingerprint density at radius 2 is 1.96 bits per heavy atom. The summed E-state index contributed by atoms with van der Waals surface area (Å²) in [6.07, 6.45) is 0. The molecule has 2 aliphatic rings. The van der Waals surface area contributed by atoms with Crippen LogP contribution < -0.4 is 20.9 Å². The Balaban J connectivity index is 1.47. The van der Waals surface area contributed by atoms with Crippen molar-refractivity contribution in [3.05, 3.63) is 23.8 Å². The van der Waals surface area contributed by atoms with Gasteiger partial charge in [-0.3, -0.25) is 4.90 Å². The standard InChI is InChI=1S/C20H32N6O2/c1-15(14-25-10-8-24(3)9-11-25)13-22-19(27)23-17-5-4-16(2)18(12-17)26-7-6-21-20(26)28/h4-5,12,15H,6-11,13-14H2,1-3H3,(H,21,28)(H2,22,23,27). The number of likely N-dealkylation sites (N-methyl/N-ethyl adjacent to an activating group) is 1. The Bertz CT molecular complexity index is 702. The molecule has 3 N–H and O–H groups in total. The number of benzene rings is 1. The number of aryl methyl sites for hydroxylation is 1. The monoisotopic (exact) mass is 388 g/mol. The van der Waals surface area contributed by atoms with Gasteiger partial charge in [-0.05, 0) is 37.6 Å². The minimum Gasteiger partial charge on any atom is -0.338 e. The van der Waals surface area contributed by atoms with Crippen molar-refractivity contribution in [2.75, 3.05) is 69.6 Å². The summed E-state index contributed by atoms with van der Waals surface area (Å²) in [5.74, 6) is 0.385. The molecule has 2 heterocycles. The molecular formula is C20H32N6O2. The SMILES string of the molecule is Cc1ccc(NC(=O)NCC(C)CN2CCN(C)CC2)cc1N1CCNC1=O. The average Bonchev–Trinajstić information content (AvgIpc) is 3.09. The Morgan fingerprint density at radius 3 is 2.64 bits per heavy atom. The number of hydrogen-bond acceptors (Lipinski definition) is 4. The van der Waals surface area contributed by atoms with Crippen LogP contribution in [0.1, 0.15) is 12.5 Å². The third-order valence-electron chi connectivity index (χ3n) is 5.39. The Kier molecular flexibility index (Phi) is 6.74. The first kappa shape index (κ1) is 20.4. The first-order valence-corrected chi connectivity index (χ1v) is 10.0. The zero-order chi connectivity index (χ0) is 20.1. The summed E-state index contributed by atoms with van der Waals surface area (Å²) in [7, 11) is 2.15. The Labute approximate surface area is 167 Å². The predicted octanol–water partition coefficient (Wildman–Crippen LogP) is 1.53. The van der Waals surface area contributed by atoms with Crippen molar-refractivity contribution in [1.29, 1.82) is 0 Å². The van der Waals surface area contributed by atoms with Crippen LogP contribution in [0.4, 0.5) is 21.0 Å². The van der Waals surface area contributed by atoms with Crippen LogP contribution in [0.5, 0.6) is 0 Å². The number of piperazine rings is 1. The number of urea groups is 2. The van der Waals surface area contributed by atoms with Crippen LogP contribution in [0.15, 0.2) is 18.2 Å². The molecule has 154 valence electrons. The molecule has 2 fully saturated rings. The largest absolute Gasteiger partial charge is 0.338 e. The molecule has 0 aliphatic carbocycles. The summed E-state index contributed by atoms with van der Waals surface area (Å²) in [5.41, 5.74) is 2.52. The topological polar surface area (TPSA) is 80.0 Å². The highest BCUT2D eigenvalue weighted by Gasteiger charge is 2.23. The van der Waals surface area contributed by atoms with E-state index in [-0.39, 0.29) is 12.1 Å². The van der Waals surface area contributed by atoms with E-state index in [9.17, 15) is 9.59 Å². The van der Waals surface area contributed by atoms with E-state index < -0.39 is 0 Å². The van der Waals surface area contributed by atoms with Crippen molar-refractivity contribution in [3.63, 3.8) is 0 Å². The van der Waals surface area contributed by atoms with E-state index in [0.29, 0.717) is 31.2 Å². The van der Waals surface area contributed by atoms with Gasteiger partial charge in [-0.25, -0.2) is 9.59 Å². The number of nitrogens with one attached hydrogen (secondary N) is 3. The summed E-state index contributed by atoms with van der Waals surface area (Å²) >= 11 is 0. The van der Waals surface area contributed by atoms with Crippen molar-refractivity contribution >= 4 is 23.4 Å². The third-order valence-corrected chi connectivity index (χ3v) is 5.39. The lowest BCUT2D eigenvalue weighted by Crippen LogP contribution is -2.47. The summed E-state index contributed by atoms with van der Waals surface area (Å²) in [5, 5.41) is 8.65. The Morgan fingerprint density at radius 1 is 1.21 bits per heavy atom. The minimum absolute atomic E-state index is 0.0950. The second-order valence-corrected chi connectivity index (χ2v) is 7.93. The second-order valence-electron chi connectivity index (χ2n) is 7.93. The maximum atomic E-state index is 12.3. The van der Waals surface area contributed by atoms with E-state index in [4.69, 9.17) is 0 Å². The van der Waals surface area contributed by atoms with Crippen molar-refractivity contribution in [3.8, 4) is 0 Å². The van der Waals surface area contributed by atoms with Gasteiger partial charge in [-0.15, -0.1) is 0 Å². The first-order chi connectivity index (χ1) is 13.4. The van der Waals surface area contributed by atoms with Crippen LogP contribution in [-0.2, 0) is 0 Å². The van der Waals surface area contributed by atoms with Gasteiger partial charge in [-0.1, -0.05) is 13.0 Å². The zero-order valence-corrected chi connectivity index (χ0v) is 17.1. The molecule has 28 heavy (non-hydrogen) atoms. The molecule has 0 aromatic heterocycles. The highest BCUT2D eigenvalue weighted by Crippen LogP contribution is 2.25. The van der Waals surface area contributed by atoms with Gasteiger partial charge in [0.15, 0.2) is 0 Å². The molecule has 1 aromatic rings.